The first-order valence-corrected chi connectivity index (χ1v) is 7.67. The van der Waals surface area contributed by atoms with Crippen molar-refractivity contribution in [2.75, 3.05) is 19.0 Å². The Labute approximate surface area is 141 Å². The number of benzene rings is 2. The van der Waals surface area contributed by atoms with Crippen LogP contribution in [0.5, 0.6) is 0 Å². The highest BCUT2D eigenvalue weighted by Gasteiger charge is 2.08. The minimum absolute atomic E-state index is 0.244. The SMILES string of the molecule is CN(C)c1ccc(C(=O)OCc2ccc(-n3cccn3)cc2)cc1. The first-order valence-electron chi connectivity index (χ1n) is 7.67. The number of hydrogen-bond acceptors (Lipinski definition) is 4. The van der Waals surface area contributed by atoms with Crippen LogP contribution < -0.4 is 4.90 Å². The maximum Gasteiger partial charge on any atom is 0.338 e. The minimum atomic E-state index is -0.323. The van der Waals surface area contributed by atoms with Crippen LogP contribution in [0.4, 0.5) is 5.69 Å². The Morgan fingerprint density at radius 1 is 1.08 bits per heavy atom. The summed E-state index contributed by atoms with van der Waals surface area (Å²) in [6.07, 6.45) is 3.61. The Hall–Kier alpha value is -3.08. The molecule has 0 N–H and O–H groups in total. The third kappa shape index (κ3) is 3.63. The molecule has 0 radical (unpaired) electrons. The number of rotatable bonds is 5. The van der Waals surface area contributed by atoms with E-state index in [0.717, 1.165) is 16.9 Å². The van der Waals surface area contributed by atoms with Crippen molar-refractivity contribution in [3.8, 4) is 5.69 Å². The highest BCUT2D eigenvalue weighted by molar-refractivity contribution is 5.89. The molecule has 0 saturated carbocycles. The van der Waals surface area contributed by atoms with E-state index in [0.29, 0.717) is 5.56 Å². The minimum Gasteiger partial charge on any atom is -0.457 e. The average molecular weight is 321 g/mol. The summed E-state index contributed by atoms with van der Waals surface area (Å²) in [6.45, 7) is 0.244. The fraction of sp³-hybridized carbons (Fsp3) is 0.158. The van der Waals surface area contributed by atoms with Crippen molar-refractivity contribution < 1.29 is 9.53 Å². The van der Waals surface area contributed by atoms with E-state index in [4.69, 9.17) is 4.74 Å². The van der Waals surface area contributed by atoms with Gasteiger partial charge in [-0.25, -0.2) is 9.48 Å². The van der Waals surface area contributed by atoms with E-state index in [1.54, 1.807) is 23.0 Å². The van der Waals surface area contributed by atoms with Crippen LogP contribution in [0.1, 0.15) is 15.9 Å². The van der Waals surface area contributed by atoms with Gasteiger partial charge in [0.25, 0.3) is 0 Å². The van der Waals surface area contributed by atoms with Gasteiger partial charge in [0.15, 0.2) is 0 Å². The molecule has 1 aromatic heterocycles. The molecular weight excluding hydrogens is 302 g/mol. The van der Waals surface area contributed by atoms with Gasteiger partial charge in [-0.15, -0.1) is 0 Å². The van der Waals surface area contributed by atoms with Gasteiger partial charge in [0.1, 0.15) is 6.61 Å². The van der Waals surface area contributed by atoms with Crippen molar-refractivity contribution in [2.24, 2.45) is 0 Å². The van der Waals surface area contributed by atoms with Gasteiger partial charge in [0.2, 0.25) is 0 Å². The van der Waals surface area contributed by atoms with Crippen molar-refractivity contribution in [2.45, 2.75) is 6.61 Å². The molecular formula is C19H19N3O2. The lowest BCUT2D eigenvalue weighted by molar-refractivity contribution is 0.0473. The van der Waals surface area contributed by atoms with Gasteiger partial charge in [-0.3, -0.25) is 0 Å². The number of ether oxygens (including phenoxy) is 1. The molecule has 0 saturated heterocycles. The molecule has 122 valence electrons. The first kappa shape index (κ1) is 15.8. The zero-order valence-electron chi connectivity index (χ0n) is 13.7. The molecule has 0 spiro atoms. The van der Waals surface area contributed by atoms with Crippen LogP contribution in [0.3, 0.4) is 0 Å². The van der Waals surface area contributed by atoms with Crippen LogP contribution in [-0.4, -0.2) is 29.8 Å². The van der Waals surface area contributed by atoms with Gasteiger partial charge in [0, 0.05) is 32.2 Å². The van der Waals surface area contributed by atoms with Crippen molar-refractivity contribution in [1.82, 2.24) is 9.78 Å². The molecule has 0 aliphatic carbocycles. The van der Waals surface area contributed by atoms with Crippen LogP contribution in [0.2, 0.25) is 0 Å². The fourth-order valence-corrected chi connectivity index (χ4v) is 2.29. The molecule has 5 heteroatoms. The third-order valence-electron chi connectivity index (χ3n) is 3.69. The van der Waals surface area contributed by atoms with Crippen molar-refractivity contribution in [3.63, 3.8) is 0 Å². The van der Waals surface area contributed by atoms with Crippen LogP contribution >= 0.6 is 0 Å². The van der Waals surface area contributed by atoms with E-state index in [1.165, 1.54) is 0 Å². The summed E-state index contributed by atoms with van der Waals surface area (Å²) in [5.41, 5.74) is 3.49. The van der Waals surface area contributed by atoms with Gasteiger partial charge in [-0.05, 0) is 48.0 Å². The number of anilines is 1. The Morgan fingerprint density at radius 3 is 2.38 bits per heavy atom. The Balaban J connectivity index is 1.59. The first-order chi connectivity index (χ1) is 11.6. The summed E-state index contributed by atoms with van der Waals surface area (Å²) in [5, 5.41) is 4.18. The third-order valence-corrected chi connectivity index (χ3v) is 3.69. The number of nitrogens with zero attached hydrogens (tertiary/aromatic N) is 3. The second-order valence-corrected chi connectivity index (χ2v) is 5.63. The Bertz CT molecular complexity index is 792. The molecule has 0 atom stereocenters. The number of esters is 1. The predicted octanol–water partition coefficient (Wildman–Crippen LogP) is 3.30. The van der Waals surface area contributed by atoms with E-state index in [1.807, 2.05) is 67.7 Å². The maximum absolute atomic E-state index is 12.1. The van der Waals surface area contributed by atoms with E-state index >= 15 is 0 Å². The smallest absolute Gasteiger partial charge is 0.338 e. The largest absolute Gasteiger partial charge is 0.457 e. The molecule has 1 heterocycles. The summed E-state index contributed by atoms with van der Waals surface area (Å²) >= 11 is 0. The molecule has 5 nitrogen and oxygen atoms in total. The molecule has 3 rings (SSSR count). The quantitative estimate of drug-likeness (QED) is 0.677. The summed E-state index contributed by atoms with van der Waals surface area (Å²) in [7, 11) is 3.92. The van der Waals surface area contributed by atoms with Gasteiger partial charge in [0.05, 0.1) is 11.3 Å². The zero-order chi connectivity index (χ0) is 16.9. The van der Waals surface area contributed by atoms with Gasteiger partial charge in [-0.2, -0.15) is 5.10 Å². The Kier molecular flexibility index (Phi) is 4.61. The average Bonchev–Trinajstić information content (AvgIpc) is 3.15. The van der Waals surface area contributed by atoms with Gasteiger partial charge < -0.3 is 9.64 Å². The number of aromatic nitrogens is 2. The Morgan fingerprint density at radius 2 is 1.79 bits per heavy atom. The van der Waals surface area contributed by atoms with Crippen molar-refractivity contribution in [3.05, 3.63) is 78.1 Å². The number of hydrogen-bond donors (Lipinski definition) is 0. The summed E-state index contributed by atoms with van der Waals surface area (Å²) in [6, 6.07) is 17.0. The molecule has 0 aliphatic rings. The lowest BCUT2D eigenvalue weighted by Gasteiger charge is -2.12. The summed E-state index contributed by atoms with van der Waals surface area (Å²) in [4.78, 5) is 14.1. The number of carbonyl (C=O) groups is 1. The molecule has 24 heavy (non-hydrogen) atoms. The maximum atomic E-state index is 12.1. The van der Waals surface area contributed by atoms with Gasteiger partial charge >= 0.3 is 5.97 Å². The highest BCUT2D eigenvalue weighted by Crippen LogP contribution is 2.14. The standard InChI is InChI=1S/C19H19N3O2/c1-21(2)17-10-6-16(7-11-17)19(23)24-14-15-4-8-18(9-5-15)22-13-3-12-20-22/h3-13H,14H2,1-2H3. The van der Waals surface area contributed by atoms with E-state index in [-0.39, 0.29) is 12.6 Å². The van der Waals surface area contributed by atoms with E-state index < -0.39 is 0 Å². The van der Waals surface area contributed by atoms with Crippen LogP contribution in [0, 0.1) is 0 Å². The molecule has 0 bridgehead atoms. The van der Waals surface area contributed by atoms with Crippen molar-refractivity contribution in [1.29, 1.82) is 0 Å². The highest BCUT2D eigenvalue weighted by atomic mass is 16.5. The topological polar surface area (TPSA) is 47.4 Å². The number of carbonyl (C=O) groups excluding carboxylic acids is 1. The predicted molar refractivity (Wildman–Crippen MR) is 93.5 cm³/mol. The second-order valence-electron chi connectivity index (χ2n) is 5.63. The zero-order valence-corrected chi connectivity index (χ0v) is 13.7. The normalized spacial score (nSPS) is 10.4. The van der Waals surface area contributed by atoms with Gasteiger partial charge in [-0.1, -0.05) is 12.1 Å². The van der Waals surface area contributed by atoms with Crippen LogP contribution in [0.15, 0.2) is 67.0 Å². The molecule has 2 aromatic carbocycles. The summed E-state index contributed by atoms with van der Waals surface area (Å²) < 4.78 is 7.15. The fourth-order valence-electron chi connectivity index (χ4n) is 2.29. The summed E-state index contributed by atoms with van der Waals surface area (Å²) in [5.74, 6) is -0.323. The van der Waals surface area contributed by atoms with Crippen molar-refractivity contribution >= 4 is 11.7 Å². The lowest BCUT2D eigenvalue weighted by Crippen LogP contribution is -2.09. The molecule has 0 unspecified atom stereocenters. The van der Waals surface area contributed by atoms with Crippen LogP contribution in [-0.2, 0) is 11.3 Å². The monoisotopic (exact) mass is 321 g/mol. The van der Waals surface area contributed by atoms with E-state index in [9.17, 15) is 4.79 Å². The molecule has 3 aromatic rings. The molecule has 0 fully saturated rings. The lowest BCUT2D eigenvalue weighted by atomic mass is 10.2. The van der Waals surface area contributed by atoms with E-state index in [2.05, 4.69) is 5.10 Å². The second kappa shape index (κ2) is 7.00. The van der Waals surface area contributed by atoms with Crippen LogP contribution in [0.25, 0.3) is 5.69 Å². The molecule has 0 amide bonds. The molecule has 0 aliphatic heterocycles.